The molecule has 0 aromatic heterocycles. The highest BCUT2D eigenvalue weighted by Gasteiger charge is 2.30. The molecular weight excluding hydrogens is 224 g/mol. The third kappa shape index (κ3) is 1.78. The summed E-state index contributed by atoms with van der Waals surface area (Å²) in [7, 11) is 0. The Bertz CT molecular complexity index is 529. The summed E-state index contributed by atoms with van der Waals surface area (Å²) in [6, 6.07) is 0. The van der Waals surface area contributed by atoms with Crippen LogP contribution >= 0.6 is 0 Å². The molecule has 2 atom stereocenters. The SMILES string of the molecule is CC[C@H]1C=CC2=C(CC3C=CC=CC3=CO2)C1=O. The van der Waals surface area contributed by atoms with E-state index in [9.17, 15) is 4.79 Å². The van der Waals surface area contributed by atoms with Crippen molar-refractivity contribution in [3.8, 4) is 0 Å². The maximum atomic E-state index is 12.4. The molecule has 0 amide bonds. The number of ketones is 1. The van der Waals surface area contributed by atoms with Gasteiger partial charge in [0.05, 0.1) is 6.26 Å². The van der Waals surface area contributed by atoms with Crippen molar-refractivity contribution in [3.63, 3.8) is 0 Å². The average molecular weight is 240 g/mol. The van der Waals surface area contributed by atoms with Crippen LogP contribution in [0.2, 0.25) is 0 Å². The number of hydrogen-bond donors (Lipinski definition) is 0. The molecule has 2 aliphatic carbocycles. The zero-order chi connectivity index (χ0) is 12.5. The van der Waals surface area contributed by atoms with E-state index in [0.29, 0.717) is 0 Å². The molecule has 0 saturated heterocycles. The second kappa shape index (κ2) is 4.45. The van der Waals surface area contributed by atoms with Gasteiger partial charge in [-0.15, -0.1) is 0 Å². The van der Waals surface area contributed by atoms with E-state index in [0.717, 1.165) is 29.7 Å². The van der Waals surface area contributed by atoms with Gasteiger partial charge in [-0.1, -0.05) is 37.3 Å². The fourth-order valence-corrected chi connectivity index (χ4v) is 2.63. The van der Waals surface area contributed by atoms with Gasteiger partial charge in [0.2, 0.25) is 0 Å². The summed E-state index contributed by atoms with van der Waals surface area (Å²) >= 11 is 0. The number of allylic oxidation sites excluding steroid dienone is 8. The van der Waals surface area contributed by atoms with Gasteiger partial charge in [-0.3, -0.25) is 4.79 Å². The molecule has 0 spiro atoms. The van der Waals surface area contributed by atoms with Gasteiger partial charge in [0.25, 0.3) is 0 Å². The summed E-state index contributed by atoms with van der Waals surface area (Å²) in [6.07, 6.45) is 15.5. The van der Waals surface area contributed by atoms with Crippen molar-refractivity contribution in [2.45, 2.75) is 19.8 Å². The summed E-state index contributed by atoms with van der Waals surface area (Å²) in [5, 5.41) is 0. The van der Waals surface area contributed by atoms with E-state index < -0.39 is 0 Å². The molecule has 18 heavy (non-hydrogen) atoms. The molecule has 1 heterocycles. The van der Waals surface area contributed by atoms with Gasteiger partial charge in [0, 0.05) is 17.4 Å². The van der Waals surface area contributed by atoms with Gasteiger partial charge in [-0.2, -0.15) is 0 Å². The normalized spacial score (nSPS) is 29.4. The third-order valence-electron chi connectivity index (χ3n) is 3.77. The zero-order valence-electron chi connectivity index (χ0n) is 10.4. The lowest BCUT2D eigenvalue weighted by Gasteiger charge is -2.20. The molecule has 2 nitrogen and oxygen atoms in total. The van der Waals surface area contributed by atoms with Gasteiger partial charge in [-0.25, -0.2) is 0 Å². The molecule has 2 heteroatoms. The van der Waals surface area contributed by atoms with Crippen LogP contribution in [0, 0.1) is 11.8 Å². The Balaban J connectivity index is 1.95. The topological polar surface area (TPSA) is 26.3 Å². The highest BCUT2D eigenvalue weighted by atomic mass is 16.5. The molecule has 0 aromatic rings. The number of carbonyl (C=O) groups excluding carboxylic acids is 1. The van der Waals surface area contributed by atoms with Crippen LogP contribution in [0.5, 0.6) is 0 Å². The van der Waals surface area contributed by atoms with Gasteiger partial charge in [0.1, 0.15) is 5.76 Å². The Morgan fingerprint density at radius 3 is 3.00 bits per heavy atom. The lowest BCUT2D eigenvalue weighted by atomic mass is 9.82. The van der Waals surface area contributed by atoms with Crippen molar-refractivity contribution in [1.29, 1.82) is 0 Å². The van der Waals surface area contributed by atoms with Crippen molar-refractivity contribution < 1.29 is 9.53 Å². The smallest absolute Gasteiger partial charge is 0.169 e. The molecule has 3 aliphatic rings. The van der Waals surface area contributed by atoms with Gasteiger partial charge in [0.15, 0.2) is 5.78 Å². The highest BCUT2D eigenvalue weighted by molar-refractivity contribution is 6.00. The molecule has 0 aromatic carbocycles. The molecule has 92 valence electrons. The predicted octanol–water partition coefficient (Wildman–Crippen LogP) is 3.45. The Morgan fingerprint density at radius 2 is 2.17 bits per heavy atom. The van der Waals surface area contributed by atoms with Gasteiger partial charge >= 0.3 is 0 Å². The van der Waals surface area contributed by atoms with E-state index in [4.69, 9.17) is 4.74 Å². The molecule has 0 bridgehead atoms. The molecule has 0 N–H and O–H groups in total. The van der Waals surface area contributed by atoms with Crippen LogP contribution in [0.4, 0.5) is 0 Å². The standard InChI is InChI=1S/C16H16O2/c1-2-11-7-8-15-14(16(11)17)9-12-5-3-4-6-13(12)10-18-15/h3-8,10-12H,2,9H2,1H3/t11-,12?/m0/s1. The van der Waals surface area contributed by atoms with Crippen LogP contribution < -0.4 is 0 Å². The Kier molecular flexibility index (Phi) is 2.78. The van der Waals surface area contributed by atoms with Crippen molar-refractivity contribution >= 4 is 5.78 Å². The summed E-state index contributed by atoms with van der Waals surface area (Å²) < 4.78 is 5.66. The molecule has 0 saturated carbocycles. The first-order valence-electron chi connectivity index (χ1n) is 6.46. The number of carbonyl (C=O) groups is 1. The molecule has 0 radical (unpaired) electrons. The van der Waals surface area contributed by atoms with E-state index in [1.54, 1.807) is 6.26 Å². The average Bonchev–Trinajstić information content (AvgIpc) is 2.59. The van der Waals surface area contributed by atoms with Crippen molar-refractivity contribution in [3.05, 3.63) is 59.6 Å². The van der Waals surface area contributed by atoms with Crippen molar-refractivity contribution in [2.24, 2.45) is 11.8 Å². The quantitative estimate of drug-likeness (QED) is 0.701. The first-order valence-corrected chi connectivity index (χ1v) is 6.46. The largest absolute Gasteiger partial charge is 0.464 e. The molecule has 3 rings (SSSR count). The van der Waals surface area contributed by atoms with E-state index >= 15 is 0 Å². The fourth-order valence-electron chi connectivity index (χ4n) is 2.63. The highest BCUT2D eigenvalue weighted by Crippen LogP contribution is 2.35. The van der Waals surface area contributed by atoms with E-state index in [1.807, 2.05) is 31.2 Å². The van der Waals surface area contributed by atoms with Crippen molar-refractivity contribution in [2.75, 3.05) is 0 Å². The number of rotatable bonds is 1. The van der Waals surface area contributed by atoms with Crippen LogP contribution in [-0.4, -0.2) is 5.78 Å². The molecule has 1 aliphatic heterocycles. The maximum absolute atomic E-state index is 12.4. The van der Waals surface area contributed by atoms with Gasteiger partial charge in [-0.05, 0) is 24.5 Å². The van der Waals surface area contributed by atoms with Crippen LogP contribution in [0.3, 0.4) is 0 Å². The monoisotopic (exact) mass is 240 g/mol. The number of ether oxygens (including phenoxy) is 1. The summed E-state index contributed by atoms with van der Waals surface area (Å²) in [4.78, 5) is 12.4. The number of fused-ring (bicyclic) bond motifs is 1. The van der Waals surface area contributed by atoms with Crippen LogP contribution in [0.15, 0.2) is 59.6 Å². The lowest BCUT2D eigenvalue weighted by Crippen LogP contribution is -2.20. The van der Waals surface area contributed by atoms with E-state index in [2.05, 4.69) is 12.2 Å². The first kappa shape index (κ1) is 11.3. The first-order chi connectivity index (χ1) is 8.79. The third-order valence-corrected chi connectivity index (χ3v) is 3.77. The van der Waals surface area contributed by atoms with Crippen LogP contribution in [0.1, 0.15) is 19.8 Å². The number of Topliss-reactive ketones (excluding diaryl/α,β-unsaturated/α-hetero) is 1. The van der Waals surface area contributed by atoms with E-state index in [1.165, 1.54) is 0 Å². The minimum absolute atomic E-state index is 0.0250. The minimum Gasteiger partial charge on any atom is -0.464 e. The molecular formula is C16H16O2. The summed E-state index contributed by atoms with van der Waals surface area (Å²) in [5.74, 6) is 1.26. The Morgan fingerprint density at radius 1 is 1.28 bits per heavy atom. The Labute approximate surface area is 107 Å². The van der Waals surface area contributed by atoms with Crippen molar-refractivity contribution in [1.82, 2.24) is 0 Å². The second-order valence-corrected chi connectivity index (χ2v) is 4.87. The summed E-state index contributed by atoms with van der Waals surface area (Å²) in [6.45, 7) is 2.04. The van der Waals surface area contributed by atoms with Crippen LogP contribution in [0.25, 0.3) is 0 Å². The van der Waals surface area contributed by atoms with Gasteiger partial charge < -0.3 is 4.74 Å². The summed E-state index contributed by atoms with van der Waals surface area (Å²) in [5.41, 5.74) is 1.99. The Hall–Kier alpha value is -1.83. The second-order valence-electron chi connectivity index (χ2n) is 4.87. The lowest BCUT2D eigenvalue weighted by molar-refractivity contribution is -0.118. The van der Waals surface area contributed by atoms with E-state index in [-0.39, 0.29) is 17.6 Å². The molecule has 1 unspecified atom stereocenters. The zero-order valence-corrected chi connectivity index (χ0v) is 10.4. The minimum atomic E-state index is 0.0250. The fraction of sp³-hybridized carbons (Fsp3) is 0.312. The maximum Gasteiger partial charge on any atom is 0.169 e. The van der Waals surface area contributed by atoms with Crippen LogP contribution in [-0.2, 0) is 9.53 Å². The predicted molar refractivity (Wildman–Crippen MR) is 70.5 cm³/mol. The molecule has 0 fully saturated rings. The number of hydrogen-bond acceptors (Lipinski definition) is 2.